The predicted octanol–water partition coefficient (Wildman–Crippen LogP) is 4.67. The SMILES string of the molecule is C=C1CC[C@@H]2O[C@H]3C[C@](C)(Br)[C@@H](Cl)C[C@]13C2(C)C. The van der Waals surface area contributed by atoms with E-state index in [0.29, 0.717) is 6.10 Å². The summed E-state index contributed by atoms with van der Waals surface area (Å²) in [5.41, 5.74) is 1.64. The molecule has 18 heavy (non-hydrogen) atoms. The van der Waals surface area contributed by atoms with Crippen molar-refractivity contribution in [2.75, 3.05) is 0 Å². The van der Waals surface area contributed by atoms with Gasteiger partial charge in [-0.1, -0.05) is 41.9 Å². The van der Waals surface area contributed by atoms with Crippen LogP contribution in [0.5, 0.6) is 0 Å². The molecule has 0 N–H and O–H groups in total. The Kier molecular flexibility index (Phi) is 2.82. The first-order chi connectivity index (χ1) is 8.22. The molecule has 3 rings (SSSR count). The Morgan fingerprint density at radius 1 is 1.28 bits per heavy atom. The third-order valence-electron chi connectivity index (χ3n) is 5.91. The minimum absolute atomic E-state index is 0.0156. The molecule has 1 heterocycles. The third kappa shape index (κ3) is 1.43. The molecule has 1 nitrogen and oxygen atoms in total. The molecule has 3 aliphatic rings. The molecule has 1 aliphatic heterocycles. The molecular formula is C15H22BrClO. The summed E-state index contributed by atoms with van der Waals surface area (Å²) in [6.07, 6.45) is 4.86. The van der Waals surface area contributed by atoms with Gasteiger partial charge in [0.15, 0.2) is 0 Å². The Hall–Kier alpha value is 0.470. The van der Waals surface area contributed by atoms with Crippen molar-refractivity contribution >= 4 is 27.5 Å². The lowest BCUT2D eigenvalue weighted by Gasteiger charge is -2.55. The normalized spacial score (nSPS) is 54.3. The second-order valence-electron chi connectivity index (χ2n) is 7.10. The second-order valence-corrected chi connectivity index (χ2v) is 9.44. The van der Waals surface area contributed by atoms with E-state index in [0.717, 1.165) is 25.7 Å². The smallest absolute Gasteiger partial charge is 0.0692 e. The molecule has 102 valence electrons. The van der Waals surface area contributed by atoms with Crippen LogP contribution in [-0.2, 0) is 4.74 Å². The highest BCUT2D eigenvalue weighted by Crippen LogP contribution is 2.68. The Morgan fingerprint density at radius 2 is 1.94 bits per heavy atom. The fourth-order valence-electron chi connectivity index (χ4n) is 4.57. The molecule has 0 aromatic rings. The molecule has 2 saturated carbocycles. The van der Waals surface area contributed by atoms with Crippen LogP contribution < -0.4 is 0 Å². The van der Waals surface area contributed by atoms with E-state index in [-0.39, 0.29) is 26.6 Å². The highest BCUT2D eigenvalue weighted by atomic mass is 79.9. The van der Waals surface area contributed by atoms with Gasteiger partial charge in [-0.15, -0.1) is 11.6 Å². The average Bonchev–Trinajstić information content (AvgIpc) is 2.38. The van der Waals surface area contributed by atoms with Crippen molar-refractivity contribution in [3.05, 3.63) is 12.2 Å². The summed E-state index contributed by atoms with van der Waals surface area (Å²) in [5, 5.41) is 0.144. The summed E-state index contributed by atoms with van der Waals surface area (Å²) < 4.78 is 6.38. The molecule has 0 aromatic carbocycles. The molecule has 0 aromatic heterocycles. The molecule has 3 heteroatoms. The highest BCUT2D eigenvalue weighted by Gasteiger charge is 2.68. The summed E-state index contributed by atoms with van der Waals surface area (Å²) in [6, 6.07) is 0. The first-order valence-corrected chi connectivity index (χ1v) is 8.11. The van der Waals surface area contributed by atoms with Gasteiger partial charge in [-0.2, -0.15) is 0 Å². The maximum Gasteiger partial charge on any atom is 0.0692 e. The van der Waals surface area contributed by atoms with E-state index >= 15 is 0 Å². The standard InChI is InChI=1S/C15H22BrClO/c1-9-5-6-11-13(2,3)15(9)7-10(17)14(4,16)8-12(15)18-11/h10-12H,1,5-8H2,2-4H3/t10-,11-,12-,14-,15-/m0/s1. The van der Waals surface area contributed by atoms with Gasteiger partial charge >= 0.3 is 0 Å². The number of alkyl halides is 2. The van der Waals surface area contributed by atoms with Crippen LogP contribution in [0.4, 0.5) is 0 Å². The lowest BCUT2D eigenvalue weighted by molar-refractivity contribution is 0.00154. The van der Waals surface area contributed by atoms with Crippen molar-refractivity contribution in [1.29, 1.82) is 0 Å². The minimum Gasteiger partial charge on any atom is -0.373 e. The van der Waals surface area contributed by atoms with Crippen LogP contribution in [0.1, 0.15) is 46.5 Å². The van der Waals surface area contributed by atoms with Crippen LogP contribution in [0.25, 0.3) is 0 Å². The van der Waals surface area contributed by atoms with E-state index in [9.17, 15) is 0 Å². The van der Waals surface area contributed by atoms with E-state index in [4.69, 9.17) is 16.3 Å². The van der Waals surface area contributed by atoms with Gasteiger partial charge in [0.1, 0.15) is 0 Å². The van der Waals surface area contributed by atoms with Gasteiger partial charge in [-0.3, -0.25) is 0 Å². The summed E-state index contributed by atoms with van der Waals surface area (Å²) in [6.45, 7) is 11.3. The summed E-state index contributed by atoms with van der Waals surface area (Å²) >= 11 is 10.5. The Balaban J connectivity index is 2.08. The Labute approximate surface area is 123 Å². The van der Waals surface area contributed by atoms with Crippen LogP contribution in [0.15, 0.2) is 12.2 Å². The van der Waals surface area contributed by atoms with E-state index in [2.05, 4.69) is 43.3 Å². The number of rotatable bonds is 0. The Morgan fingerprint density at radius 3 is 2.61 bits per heavy atom. The monoisotopic (exact) mass is 332 g/mol. The van der Waals surface area contributed by atoms with E-state index < -0.39 is 0 Å². The summed E-state index contributed by atoms with van der Waals surface area (Å²) in [4.78, 5) is 0. The van der Waals surface area contributed by atoms with Crippen LogP contribution >= 0.6 is 27.5 Å². The lowest BCUT2D eigenvalue weighted by Crippen LogP contribution is -2.55. The van der Waals surface area contributed by atoms with Crippen molar-refractivity contribution in [2.24, 2.45) is 10.8 Å². The van der Waals surface area contributed by atoms with Gasteiger partial charge < -0.3 is 4.74 Å². The van der Waals surface area contributed by atoms with Crippen molar-refractivity contribution in [3.8, 4) is 0 Å². The maximum atomic E-state index is 6.66. The van der Waals surface area contributed by atoms with Crippen LogP contribution in [-0.4, -0.2) is 21.9 Å². The molecule has 3 fully saturated rings. The summed E-state index contributed by atoms with van der Waals surface area (Å²) in [5.74, 6) is 0. The van der Waals surface area contributed by atoms with Gasteiger partial charge in [-0.25, -0.2) is 0 Å². The molecule has 1 saturated heterocycles. The number of fused-ring (bicyclic) bond motifs is 1. The number of hydrogen-bond donors (Lipinski definition) is 0. The zero-order valence-corrected chi connectivity index (χ0v) is 13.8. The first-order valence-electron chi connectivity index (χ1n) is 6.88. The third-order valence-corrected chi connectivity index (χ3v) is 7.69. The largest absolute Gasteiger partial charge is 0.373 e. The van der Waals surface area contributed by atoms with Gasteiger partial charge in [0.05, 0.1) is 12.2 Å². The molecule has 0 radical (unpaired) electrons. The zero-order chi connectivity index (χ0) is 13.3. The zero-order valence-electron chi connectivity index (χ0n) is 11.4. The predicted molar refractivity (Wildman–Crippen MR) is 79.5 cm³/mol. The first kappa shape index (κ1) is 13.5. The molecule has 0 unspecified atom stereocenters. The Bertz CT molecular complexity index is 403. The fourth-order valence-corrected chi connectivity index (χ4v) is 5.36. The quantitative estimate of drug-likeness (QED) is 0.462. The average molecular weight is 334 g/mol. The van der Waals surface area contributed by atoms with E-state index in [1.165, 1.54) is 5.57 Å². The van der Waals surface area contributed by atoms with Crippen LogP contribution in [0.2, 0.25) is 0 Å². The van der Waals surface area contributed by atoms with Gasteiger partial charge in [0, 0.05) is 20.5 Å². The minimum atomic E-state index is -0.0156. The molecule has 2 aliphatic carbocycles. The second kappa shape index (κ2) is 3.77. The van der Waals surface area contributed by atoms with Crippen LogP contribution in [0, 0.1) is 10.8 Å². The fraction of sp³-hybridized carbons (Fsp3) is 0.867. The highest BCUT2D eigenvalue weighted by molar-refractivity contribution is 9.10. The molecular weight excluding hydrogens is 312 g/mol. The van der Waals surface area contributed by atoms with Crippen molar-refractivity contribution in [3.63, 3.8) is 0 Å². The topological polar surface area (TPSA) is 9.23 Å². The van der Waals surface area contributed by atoms with Gasteiger partial charge in [0.2, 0.25) is 0 Å². The number of halogens is 2. The van der Waals surface area contributed by atoms with E-state index in [1.807, 2.05) is 0 Å². The van der Waals surface area contributed by atoms with Crippen molar-refractivity contribution in [1.82, 2.24) is 0 Å². The van der Waals surface area contributed by atoms with Gasteiger partial charge in [-0.05, 0) is 32.6 Å². The van der Waals surface area contributed by atoms with E-state index in [1.54, 1.807) is 0 Å². The van der Waals surface area contributed by atoms with Crippen LogP contribution in [0.3, 0.4) is 0 Å². The molecule has 5 atom stereocenters. The lowest BCUT2D eigenvalue weighted by atomic mass is 9.50. The molecule has 0 amide bonds. The number of ether oxygens (including phenoxy) is 1. The van der Waals surface area contributed by atoms with Crippen molar-refractivity contribution in [2.45, 2.75) is 68.4 Å². The molecule has 2 bridgehead atoms. The van der Waals surface area contributed by atoms with Crippen molar-refractivity contribution < 1.29 is 4.74 Å². The summed E-state index contributed by atoms with van der Waals surface area (Å²) in [7, 11) is 0. The van der Waals surface area contributed by atoms with Gasteiger partial charge in [0.25, 0.3) is 0 Å². The molecule has 1 spiro atoms. The maximum absolute atomic E-state index is 6.66. The number of hydrogen-bond acceptors (Lipinski definition) is 1.